The first-order valence-corrected chi connectivity index (χ1v) is 14.0. The van der Waals surface area contributed by atoms with Crippen LogP contribution in [0.1, 0.15) is 25.3 Å². The molecule has 0 saturated carbocycles. The first-order valence-electron chi connectivity index (χ1n) is 11.6. The summed E-state index contributed by atoms with van der Waals surface area (Å²) in [5.74, 6) is -1.98. The first-order chi connectivity index (χ1) is 18.0. The normalized spacial score (nSPS) is 21.4. The Balaban J connectivity index is 1.86. The van der Waals surface area contributed by atoms with Gasteiger partial charge in [0, 0.05) is 16.6 Å². The zero-order valence-corrected chi connectivity index (χ0v) is 22.9. The number of esters is 2. The van der Waals surface area contributed by atoms with E-state index >= 15 is 0 Å². The molecule has 4 N–H and O–H groups in total. The van der Waals surface area contributed by atoms with Gasteiger partial charge in [0.2, 0.25) is 10.0 Å². The Hall–Kier alpha value is -3.74. The average Bonchev–Trinajstić information content (AvgIpc) is 3.37. The molecule has 0 spiro atoms. The number of hydrogen-bond acceptors (Lipinski definition) is 10. The van der Waals surface area contributed by atoms with E-state index in [1.165, 1.54) is 37.7 Å². The van der Waals surface area contributed by atoms with Crippen molar-refractivity contribution in [3.05, 3.63) is 76.8 Å². The minimum absolute atomic E-state index is 0.0406. The lowest BCUT2D eigenvalue weighted by molar-refractivity contribution is -0.148. The van der Waals surface area contributed by atoms with E-state index in [2.05, 4.69) is 15.6 Å². The largest absolute Gasteiger partial charge is 0.467 e. The third-order valence-electron chi connectivity index (χ3n) is 6.60. The minimum Gasteiger partial charge on any atom is -0.467 e. The highest BCUT2D eigenvalue weighted by molar-refractivity contribution is 7.89. The van der Waals surface area contributed by atoms with Gasteiger partial charge in [-0.25, -0.2) is 28.1 Å². The molecule has 0 aliphatic carbocycles. The number of primary sulfonamides is 1. The van der Waals surface area contributed by atoms with Crippen molar-refractivity contribution < 1.29 is 27.5 Å². The number of ether oxygens (including phenoxy) is 2. The molecule has 0 radical (unpaired) electrons. The monoisotopic (exact) mass is 556 g/mol. The van der Waals surface area contributed by atoms with Crippen LogP contribution in [0.15, 0.2) is 76.1 Å². The SMILES string of the molecule is COC(=O)C1=C(C)NC(C)C(Nc2nc(-c3cccc(S(N)(=O)=O)c3)cs2)(C(=O)OC)C1c1ccccc1. The fraction of sp³-hybridized carbons (Fsp3) is 0.269. The number of hydrogen-bond donors (Lipinski definition) is 3. The zero-order valence-electron chi connectivity index (χ0n) is 21.2. The number of nitrogens with zero attached hydrogens (tertiary/aromatic N) is 1. The topological polar surface area (TPSA) is 150 Å². The Morgan fingerprint density at radius 1 is 1.11 bits per heavy atom. The number of thiazole rings is 1. The zero-order chi connectivity index (χ0) is 27.7. The molecule has 12 heteroatoms. The lowest BCUT2D eigenvalue weighted by atomic mass is 9.68. The predicted molar refractivity (Wildman–Crippen MR) is 144 cm³/mol. The molecule has 2 heterocycles. The second-order valence-electron chi connectivity index (χ2n) is 8.84. The van der Waals surface area contributed by atoms with Crippen LogP contribution in [-0.2, 0) is 29.1 Å². The summed E-state index contributed by atoms with van der Waals surface area (Å²) in [6, 6.07) is 14.7. The van der Waals surface area contributed by atoms with E-state index in [1.54, 1.807) is 24.4 Å². The van der Waals surface area contributed by atoms with Crippen molar-refractivity contribution in [2.75, 3.05) is 19.5 Å². The summed E-state index contributed by atoms with van der Waals surface area (Å²) in [5.41, 5.74) is 1.09. The van der Waals surface area contributed by atoms with Crippen LogP contribution in [0.3, 0.4) is 0 Å². The molecule has 0 saturated heterocycles. The van der Waals surface area contributed by atoms with E-state index in [1.807, 2.05) is 37.3 Å². The van der Waals surface area contributed by atoms with Crippen molar-refractivity contribution in [1.29, 1.82) is 0 Å². The van der Waals surface area contributed by atoms with Gasteiger partial charge in [-0.1, -0.05) is 42.5 Å². The Labute approximate surface area is 224 Å². The third kappa shape index (κ3) is 4.89. The van der Waals surface area contributed by atoms with Gasteiger partial charge in [0.1, 0.15) is 0 Å². The number of anilines is 1. The number of sulfonamides is 1. The van der Waals surface area contributed by atoms with Gasteiger partial charge in [-0.3, -0.25) is 0 Å². The van der Waals surface area contributed by atoms with Gasteiger partial charge in [0.15, 0.2) is 10.7 Å². The first kappa shape index (κ1) is 27.3. The average molecular weight is 557 g/mol. The van der Waals surface area contributed by atoms with Crippen LogP contribution >= 0.6 is 11.3 Å². The van der Waals surface area contributed by atoms with E-state index in [0.29, 0.717) is 27.6 Å². The summed E-state index contributed by atoms with van der Waals surface area (Å²) < 4.78 is 34.1. The van der Waals surface area contributed by atoms with Crippen molar-refractivity contribution in [3.8, 4) is 11.3 Å². The Morgan fingerprint density at radius 3 is 2.45 bits per heavy atom. The molecule has 200 valence electrons. The van der Waals surface area contributed by atoms with Crippen molar-refractivity contribution >= 4 is 38.4 Å². The molecular formula is C26H28N4O6S2. The van der Waals surface area contributed by atoms with Crippen LogP contribution in [0.25, 0.3) is 11.3 Å². The second kappa shape index (κ2) is 10.6. The molecule has 1 aliphatic heterocycles. The maximum atomic E-state index is 13.7. The smallest absolute Gasteiger partial charge is 0.336 e. The summed E-state index contributed by atoms with van der Waals surface area (Å²) in [4.78, 5) is 31.3. The standard InChI is InChI=1S/C26H28N4O6S2/c1-15-21(23(31)35-3)22(17-9-6-5-7-10-17)26(16(2)28-15,24(32)36-4)30-25-29-20(14-37-25)18-11-8-12-19(13-18)38(27,33)34/h5-14,16,22,28H,1-4H3,(H,29,30)(H2,27,33,34). The Bertz CT molecular complexity index is 1500. The maximum Gasteiger partial charge on any atom is 0.336 e. The van der Waals surface area contributed by atoms with Gasteiger partial charge < -0.3 is 20.1 Å². The lowest BCUT2D eigenvalue weighted by Crippen LogP contribution is -2.66. The van der Waals surface area contributed by atoms with E-state index in [0.717, 1.165) is 0 Å². The van der Waals surface area contributed by atoms with Crippen molar-refractivity contribution in [2.24, 2.45) is 5.14 Å². The molecule has 1 aliphatic rings. The third-order valence-corrected chi connectivity index (χ3v) is 8.27. The van der Waals surface area contributed by atoms with Gasteiger partial charge in [0.05, 0.1) is 42.3 Å². The molecule has 0 amide bonds. The second-order valence-corrected chi connectivity index (χ2v) is 11.3. The van der Waals surface area contributed by atoms with E-state index < -0.39 is 39.5 Å². The number of methoxy groups -OCH3 is 2. The highest BCUT2D eigenvalue weighted by Crippen LogP contribution is 2.45. The maximum absolute atomic E-state index is 13.7. The summed E-state index contributed by atoms with van der Waals surface area (Å²) in [7, 11) is -1.32. The van der Waals surface area contributed by atoms with Crippen molar-refractivity contribution in [2.45, 2.75) is 36.2 Å². The van der Waals surface area contributed by atoms with Crippen LogP contribution < -0.4 is 15.8 Å². The summed E-state index contributed by atoms with van der Waals surface area (Å²) in [5, 5.41) is 13.9. The van der Waals surface area contributed by atoms with Crippen molar-refractivity contribution in [1.82, 2.24) is 10.3 Å². The van der Waals surface area contributed by atoms with Gasteiger partial charge in [-0.15, -0.1) is 11.3 Å². The van der Waals surface area contributed by atoms with Crippen LogP contribution in [0.5, 0.6) is 0 Å². The van der Waals surface area contributed by atoms with Crippen LogP contribution in [-0.4, -0.2) is 51.1 Å². The number of carbonyl (C=O) groups is 2. The Morgan fingerprint density at radius 2 is 1.82 bits per heavy atom. The number of carbonyl (C=O) groups excluding carboxylic acids is 2. The van der Waals surface area contributed by atoms with Gasteiger partial charge in [-0.05, 0) is 31.5 Å². The van der Waals surface area contributed by atoms with Gasteiger partial charge in [0.25, 0.3) is 0 Å². The van der Waals surface area contributed by atoms with Crippen LogP contribution in [0.4, 0.5) is 5.13 Å². The van der Waals surface area contributed by atoms with Crippen LogP contribution in [0, 0.1) is 0 Å². The van der Waals surface area contributed by atoms with E-state index in [9.17, 15) is 18.0 Å². The molecule has 10 nitrogen and oxygen atoms in total. The quantitative estimate of drug-likeness (QED) is 0.373. The molecule has 0 fully saturated rings. The fourth-order valence-corrected chi connectivity index (χ4v) is 6.18. The summed E-state index contributed by atoms with van der Waals surface area (Å²) in [6.07, 6.45) is 0. The van der Waals surface area contributed by atoms with Crippen LogP contribution in [0.2, 0.25) is 0 Å². The molecule has 1 aromatic heterocycles. The number of nitrogens with one attached hydrogen (secondary N) is 2. The predicted octanol–water partition coefficient (Wildman–Crippen LogP) is 3.00. The summed E-state index contributed by atoms with van der Waals surface area (Å²) >= 11 is 1.22. The van der Waals surface area contributed by atoms with E-state index in [4.69, 9.17) is 14.6 Å². The van der Waals surface area contributed by atoms with Crippen molar-refractivity contribution in [3.63, 3.8) is 0 Å². The number of nitrogens with two attached hydrogens (primary N) is 1. The van der Waals surface area contributed by atoms with E-state index in [-0.39, 0.29) is 10.5 Å². The number of benzene rings is 2. The molecule has 3 unspecified atom stereocenters. The van der Waals surface area contributed by atoms with Gasteiger partial charge >= 0.3 is 11.9 Å². The highest BCUT2D eigenvalue weighted by atomic mass is 32.2. The molecule has 0 bridgehead atoms. The summed E-state index contributed by atoms with van der Waals surface area (Å²) in [6.45, 7) is 3.58. The van der Waals surface area contributed by atoms with Gasteiger partial charge in [-0.2, -0.15) is 0 Å². The molecule has 2 aromatic carbocycles. The molecule has 4 rings (SSSR count). The minimum atomic E-state index is -3.90. The molecule has 3 aromatic rings. The number of aromatic nitrogens is 1. The number of allylic oxidation sites excluding steroid dienone is 1. The fourth-order valence-electron chi connectivity index (χ4n) is 4.83. The molecular weight excluding hydrogens is 528 g/mol. The Kier molecular flexibility index (Phi) is 7.58. The molecule has 38 heavy (non-hydrogen) atoms. The highest BCUT2D eigenvalue weighted by Gasteiger charge is 2.58. The number of rotatable bonds is 7. The molecule has 3 atom stereocenters. The lowest BCUT2D eigenvalue weighted by Gasteiger charge is -2.47.